The zero-order chi connectivity index (χ0) is 18.9. The zero-order valence-electron chi connectivity index (χ0n) is 13.8. The molecular weight excluding hydrogens is 373 g/mol. The molecule has 0 aliphatic rings. The van der Waals surface area contributed by atoms with Crippen molar-refractivity contribution in [3.8, 4) is 0 Å². The Bertz CT molecular complexity index is 829. The number of thioether (sulfide) groups is 1. The largest absolute Gasteiger partial charge is 0.422 e. The van der Waals surface area contributed by atoms with E-state index in [1.54, 1.807) is 13.2 Å². The molecule has 0 fully saturated rings. The van der Waals surface area contributed by atoms with Gasteiger partial charge < -0.3 is 0 Å². The van der Waals surface area contributed by atoms with E-state index in [-0.39, 0.29) is 10.5 Å². The first-order valence-corrected chi connectivity index (χ1v) is 9.86. The summed E-state index contributed by atoms with van der Waals surface area (Å²) in [5.74, 6) is 0. The van der Waals surface area contributed by atoms with Crippen LogP contribution in [0.5, 0.6) is 0 Å². The van der Waals surface area contributed by atoms with Crippen molar-refractivity contribution in [3.05, 3.63) is 59.7 Å². The molecule has 0 saturated carbocycles. The number of benzene rings is 2. The predicted molar refractivity (Wildman–Crippen MR) is 91.1 cm³/mol. The lowest BCUT2D eigenvalue weighted by atomic mass is 9.96. The van der Waals surface area contributed by atoms with Gasteiger partial charge in [-0.05, 0) is 49.9 Å². The fourth-order valence-corrected chi connectivity index (χ4v) is 3.74. The minimum Gasteiger partial charge on any atom is -0.245 e. The van der Waals surface area contributed by atoms with Crippen molar-refractivity contribution in [3.63, 3.8) is 0 Å². The Labute approximate surface area is 149 Å². The Morgan fingerprint density at radius 1 is 0.960 bits per heavy atom. The van der Waals surface area contributed by atoms with E-state index in [0.29, 0.717) is 6.92 Å². The molecule has 2 aromatic carbocycles. The van der Waals surface area contributed by atoms with Crippen molar-refractivity contribution in [1.29, 1.82) is 0 Å². The molecule has 0 saturated heterocycles. The van der Waals surface area contributed by atoms with Crippen LogP contribution in [0.1, 0.15) is 18.1 Å². The maximum absolute atomic E-state index is 13.7. The molecule has 0 bridgehead atoms. The molecule has 0 spiro atoms. The van der Waals surface area contributed by atoms with Gasteiger partial charge in [0.05, 0.1) is 4.90 Å². The van der Waals surface area contributed by atoms with Crippen LogP contribution in [0.3, 0.4) is 0 Å². The molecule has 0 aromatic heterocycles. The molecule has 8 heteroatoms. The molecule has 1 unspecified atom stereocenters. The lowest BCUT2D eigenvalue weighted by molar-refractivity contribution is -0.246. The van der Waals surface area contributed by atoms with Crippen LogP contribution in [0.2, 0.25) is 0 Å². The Kier molecular flexibility index (Phi) is 5.56. The summed E-state index contributed by atoms with van der Waals surface area (Å²) in [6.45, 7) is 2.46. The topological polar surface area (TPSA) is 43.4 Å². The van der Waals surface area contributed by atoms with Gasteiger partial charge in [-0.15, -0.1) is 11.8 Å². The van der Waals surface area contributed by atoms with Gasteiger partial charge in [0, 0.05) is 4.90 Å². The van der Waals surface area contributed by atoms with Gasteiger partial charge in [0.25, 0.3) is 10.1 Å². The fraction of sp³-hybridized carbons (Fsp3) is 0.294. The van der Waals surface area contributed by atoms with E-state index in [0.717, 1.165) is 10.5 Å². The van der Waals surface area contributed by atoms with Gasteiger partial charge in [-0.1, -0.05) is 29.8 Å². The lowest BCUT2D eigenvalue weighted by Crippen LogP contribution is -2.43. The fourth-order valence-electron chi connectivity index (χ4n) is 2.14. The molecule has 0 aliphatic heterocycles. The van der Waals surface area contributed by atoms with E-state index < -0.39 is 21.9 Å². The predicted octanol–water partition coefficient (Wildman–Crippen LogP) is 4.90. The summed E-state index contributed by atoms with van der Waals surface area (Å²) in [5, 5.41) is 0. The number of hydrogen-bond acceptors (Lipinski definition) is 4. The van der Waals surface area contributed by atoms with E-state index >= 15 is 0 Å². The monoisotopic (exact) mass is 390 g/mol. The molecule has 2 rings (SSSR count). The van der Waals surface area contributed by atoms with Crippen molar-refractivity contribution < 1.29 is 25.8 Å². The van der Waals surface area contributed by atoms with E-state index in [2.05, 4.69) is 0 Å². The standard InChI is InChI=1S/C17H17F3O3S2/c1-12-4-10-15(11-5-12)25(21,22)23-16(2,17(18,19)20)13-6-8-14(24-3)9-7-13/h4-11H,1-3H3. The normalized spacial score (nSPS) is 15.0. The Morgan fingerprint density at radius 3 is 1.92 bits per heavy atom. The van der Waals surface area contributed by atoms with Crippen molar-refractivity contribution >= 4 is 21.9 Å². The van der Waals surface area contributed by atoms with Gasteiger partial charge in [0.1, 0.15) is 0 Å². The van der Waals surface area contributed by atoms with Gasteiger partial charge in [-0.3, -0.25) is 0 Å². The maximum atomic E-state index is 13.7. The van der Waals surface area contributed by atoms with Gasteiger partial charge in [-0.2, -0.15) is 21.6 Å². The third-order valence-corrected chi connectivity index (χ3v) is 5.91. The minimum absolute atomic E-state index is 0.284. The van der Waals surface area contributed by atoms with Gasteiger partial charge >= 0.3 is 6.18 Å². The van der Waals surface area contributed by atoms with Crippen LogP contribution in [0.25, 0.3) is 0 Å². The maximum Gasteiger partial charge on any atom is 0.422 e. The van der Waals surface area contributed by atoms with E-state index in [1.807, 2.05) is 0 Å². The van der Waals surface area contributed by atoms with Gasteiger partial charge in [0.2, 0.25) is 5.60 Å². The third kappa shape index (κ3) is 4.19. The van der Waals surface area contributed by atoms with E-state index in [9.17, 15) is 21.6 Å². The van der Waals surface area contributed by atoms with Crippen LogP contribution >= 0.6 is 11.8 Å². The summed E-state index contributed by atoms with van der Waals surface area (Å²) in [7, 11) is -4.61. The van der Waals surface area contributed by atoms with Crippen molar-refractivity contribution in [1.82, 2.24) is 0 Å². The highest BCUT2D eigenvalue weighted by atomic mass is 32.2. The molecule has 1 atom stereocenters. The zero-order valence-corrected chi connectivity index (χ0v) is 15.4. The Morgan fingerprint density at radius 2 is 1.48 bits per heavy atom. The summed E-state index contributed by atoms with van der Waals surface area (Å²) in [6.07, 6.45) is -3.14. The molecular formula is C17H17F3O3S2. The highest BCUT2D eigenvalue weighted by molar-refractivity contribution is 7.98. The van der Waals surface area contributed by atoms with Crippen molar-refractivity contribution in [2.75, 3.05) is 6.26 Å². The summed E-state index contributed by atoms with van der Waals surface area (Å²) in [6, 6.07) is 10.9. The molecule has 25 heavy (non-hydrogen) atoms. The van der Waals surface area contributed by atoms with Crippen LogP contribution in [0, 0.1) is 6.92 Å². The SMILES string of the molecule is CSc1ccc(C(C)(OS(=O)(=O)c2ccc(C)cc2)C(F)(F)F)cc1. The Hall–Kier alpha value is -1.51. The number of hydrogen-bond donors (Lipinski definition) is 0. The van der Waals surface area contributed by atoms with Gasteiger partial charge in [-0.25, -0.2) is 4.18 Å². The van der Waals surface area contributed by atoms with E-state index in [1.165, 1.54) is 60.3 Å². The smallest absolute Gasteiger partial charge is 0.245 e. The number of alkyl halides is 3. The second-order valence-corrected chi connectivity index (χ2v) is 8.04. The first-order chi connectivity index (χ1) is 11.5. The summed E-state index contributed by atoms with van der Waals surface area (Å²) >= 11 is 1.37. The second-order valence-electron chi connectivity index (χ2n) is 5.61. The molecule has 0 heterocycles. The summed E-state index contributed by atoms with van der Waals surface area (Å²) < 4.78 is 70.5. The number of rotatable bonds is 5. The molecule has 0 amide bonds. The van der Waals surface area contributed by atoms with Gasteiger partial charge in [0.15, 0.2) is 0 Å². The number of aryl methyl sites for hydroxylation is 1. The molecule has 0 radical (unpaired) electrons. The van der Waals surface area contributed by atoms with E-state index in [4.69, 9.17) is 4.18 Å². The van der Waals surface area contributed by atoms with Crippen LogP contribution in [0.15, 0.2) is 58.3 Å². The highest BCUT2D eigenvalue weighted by Crippen LogP contribution is 2.44. The third-order valence-electron chi connectivity index (χ3n) is 3.77. The quantitative estimate of drug-likeness (QED) is 0.538. The molecule has 0 aliphatic carbocycles. The first kappa shape index (κ1) is 19.8. The molecule has 136 valence electrons. The average molecular weight is 390 g/mol. The van der Waals surface area contributed by atoms with Crippen LogP contribution < -0.4 is 0 Å². The van der Waals surface area contributed by atoms with Crippen molar-refractivity contribution in [2.24, 2.45) is 0 Å². The highest BCUT2D eigenvalue weighted by Gasteiger charge is 2.56. The molecule has 3 nitrogen and oxygen atoms in total. The number of halogens is 3. The Balaban J connectivity index is 2.48. The second kappa shape index (κ2) is 7.01. The lowest BCUT2D eigenvalue weighted by Gasteiger charge is -2.31. The average Bonchev–Trinajstić information content (AvgIpc) is 2.54. The molecule has 2 aromatic rings. The minimum atomic E-state index is -4.92. The van der Waals surface area contributed by atoms with Crippen molar-refractivity contribution in [2.45, 2.75) is 35.4 Å². The summed E-state index contributed by atoms with van der Waals surface area (Å²) in [4.78, 5) is 0.434. The first-order valence-electron chi connectivity index (χ1n) is 7.23. The van der Waals surface area contributed by atoms with Crippen LogP contribution in [-0.4, -0.2) is 20.8 Å². The van der Waals surface area contributed by atoms with Crippen LogP contribution in [-0.2, 0) is 19.9 Å². The van der Waals surface area contributed by atoms with Crippen LogP contribution in [0.4, 0.5) is 13.2 Å². The molecule has 0 N–H and O–H groups in total. The summed E-state index contributed by atoms with van der Waals surface area (Å²) in [5.41, 5.74) is -2.49.